The van der Waals surface area contributed by atoms with Crippen molar-refractivity contribution in [1.82, 2.24) is 10.2 Å². The second-order valence-corrected chi connectivity index (χ2v) is 12.2. The van der Waals surface area contributed by atoms with Crippen LogP contribution in [0.3, 0.4) is 0 Å². The quantitative estimate of drug-likeness (QED) is 0.326. The molecule has 0 spiro atoms. The Balaban J connectivity index is 2.20. The Kier molecular flexibility index (Phi) is 10.1. The second kappa shape index (κ2) is 12.8. The van der Waals surface area contributed by atoms with Gasteiger partial charge in [0.05, 0.1) is 19.3 Å². The Morgan fingerprint density at radius 3 is 2.21 bits per heavy atom. The lowest BCUT2D eigenvalue weighted by molar-refractivity contribution is -0.274. The van der Waals surface area contributed by atoms with Gasteiger partial charge < -0.3 is 24.6 Å². The van der Waals surface area contributed by atoms with Gasteiger partial charge in [-0.2, -0.15) is 0 Å². The summed E-state index contributed by atoms with van der Waals surface area (Å²) < 4.78 is 54.0. The van der Waals surface area contributed by atoms with Crippen LogP contribution in [0.2, 0.25) is 0 Å². The largest absolute Gasteiger partial charge is 0.573 e. The third-order valence-electron chi connectivity index (χ3n) is 7.42. The van der Waals surface area contributed by atoms with Gasteiger partial charge in [-0.3, -0.25) is 4.90 Å². The van der Waals surface area contributed by atoms with Gasteiger partial charge in [-0.15, -0.1) is 13.2 Å². The molecule has 0 aliphatic carbocycles. The van der Waals surface area contributed by atoms with Gasteiger partial charge in [0.15, 0.2) is 0 Å². The molecular formula is C31H41F3N2O6. The summed E-state index contributed by atoms with van der Waals surface area (Å²) in [5.74, 6) is -1.83. The average Bonchev–Trinajstić information content (AvgIpc) is 3.22. The van der Waals surface area contributed by atoms with Crippen LogP contribution in [0.4, 0.5) is 18.0 Å². The van der Waals surface area contributed by atoms with Gasteiger partial charge in [-0.1, -0.05) is 58.9 Å². The number of carbonyl (C=O) groups excluding carboxylic acids is 1. The summed E-state index contributed by atoms with van der Waals surface area (Å²) in [5, 5.41) is 14.0. The SMILES string of the molecule is COc1ccc(OC(F)(F)F)cc1CN[C@H]1[C@H](C(C)(C)C)[C@@H](C(=O)O)N(C(=O)OC(C)C)[C@H]1c1ccccc1C(C)C. The lowest BCUT2D eigenvalue weighted by Gasteiger charge is -2.35. The fourth-order valence-corrected chi connectivity index (χ4v) is 5.89. The highest BCUT2D eigenvalue weighted by atomic mass is 19.4. The van der Waals surface area contributed by atoms with E-state index in [0.29, 0.717) is 11.3 Å². The third-order valence-corrected chi connectivity index (χ3v) is 7.42. The molecule has 1 aliphatic heterocycles. The van der Waals surface area contributed by atoms with Crippen molar-refractivity contribution in [2.24, 2.45) is 11.3 Å². The van der Waals surface area contributed by atoms with E-state index in [1.165, 1.54) is 24.1 Å². The second-order valence-electron chi connectivity index (χ2n) is 12.2. The van der Waals surface area contributed by atoms with Crippen molar-refractivity contribution < 1.29 is 42.1 Å². The molecule has 1 saturated heterocycles. The first-order valence-corrected chi connectivity index (χ1v) is 13.9. The molecule has 3 rings (SSSR count). The topological polar surface area (TPSA) is 97.3 Å². The van der Waals surface area contributed by atoms with Crippen molar-refractivity contribution in [1.29, 1.82) is 0 Å². The molecule has 2 aromatic carbocycles. The highest BCUT2D eigenvalue weighted by molar-refractivity contribution is 5.82. The van der Waals surface area contributed by atoms with E-state index in [1.807, 2.05) is 58.9 Å². The van der Waals surface area contributed by atoms with Crippen molar-refractivity contribution in [2.45, 2.75) is 91.5 Å². The van der Waals surface area contributed by atoms with Crippen LogP contribution in [0, 0.1) is 11.3 Å². The van der Waals surface area contributed by atoms with E-state index in [4.69, 9.17) is 9.47 Å². The highest BCUT2D eigenvalue weighted by Gasteiger charge is 2.59. The lowest BCUT2D eigenvalue weighted by atomic mass is 9.72. The van der Waals surface area contributed by atoms with Crippen molar-refractivity contribution in [3.05, 3.63) is 59.2 Å². The molecule has 1 aliphatic rings. The van der Waals surface area contributed by atoms with Crippen LogP contribution in [0.15, 0.2) is 42.5 Å². The van der Waals surface area contributed by atoms with E-state index < -0.39 is 59.7 Å². The Labute approximate surface area is 245 Å². The lowest BCUT2D eigenvalue weighted by Crippen LogP contribution is -2.48. The minimum Gasteiger partial charge on any atom is -0.496 e. The number of methoxy groups -OCH3 is 1. The fourth-order valence-electron chi connectivity index (χ4n) is 5.89. The molecule has 2 aromatic rings. The van der Waals surface area contributed by atoms with Gasteiger partial charge in [0.25, 0.3) is 0 Å². The first-order valence-electron chi connectivity index (χ1n) is 13.9. The van der Waals surface area contributed by atoms with Crippen LogP contribution in [-0.4, -0.2) is 53.7 Å². The molecule has 1 fully saturated rings. The highest BCUT2D eigenvalue weighted by Crippen LogP contribution is 2.49. The Morgan fingerprint density at radius 2 is 1.69 bits per heavy atom. The van der Waals surface area contributed by atoms with Gasteiger partial charge in [0, 0.05) is 24.1 Å². The zero-order chi connectivity index (χ0) is 31.6. The predicted molar refractivity (Wildman–Crippen MR) is 151 cm³/mol. The number of alkyl halides is 3. The molecular weight excluding hydrogens is 553 g/mol. The minimum atomic E-state index is -4.88. The van der Waals surface area contributed by atoms with Crippen LogP contribution in [0.25, 0.3) is 0 Å². The first kappa shape index (κ1) is 33.0. The summed E-state index contributed by atoms with van der Waals surface area (Å²) in [4.78, 5) is 27.9. The third kappa shape index (κ3) is 7.48. The van der Waals surface area contributed by atoms with E-state index in [1.54, 1.807) is 13.8 Å². The van der Waals surface area contributed by atoms with Crippen LogP contribution in [0.1, 0.15) is 77.1 Å². The first-order chi connectivity index (χ1) is 19.5. The maximum Gasteiger partial charge on any atom is 0.573 e. The number of carboxylic acids is 1. The molecule has 42 heavy (non-hydrogen) atoms. The van der Waals surface area contributed by atoms with E-state index in [0.717, 1.165) is 17.2 Å². The monoisotopic (exact) mass is 594 g/mol. The summed E-state index contributed by atoms with van der Waals surface area (Å²) in [7, 11) is 1.41. The maximum atomic E-state index is 13.7. The Morgan fingerprint density at radius 1 is 1.05 bits per heavy atom. The van der Waals surface area contributed by atoms with Crippen molar-refractivity contribution >= 4 is 12.1 Å². The summed E-state index contributed by atoms with van der Waals surface area (Å²) in [6.07, 6.45) is -6.12. The molecule has 2 N–H and O–H groups in total. The molecule has 1 amide bonds. The normalized spacial score (nSPS) is 21.1. The van der Waals surface area contributed by atoms with Gasteiger partial charge >= 0.3 is 18.4 Å². The number of carboxylic acid groups (broad SMARTS) is 1. The van der Waals surface area contributed by atoms with E-state index in [9.17, 15) is 27.9 Å². The van der Waals surface area contributed by atoms with Crippen LogP contribution in [0.5, 0.6) is 11.5 Å². The molecule has 8 nitrogen and oxygen atoms in total. The number of nitrogens with zero attached hydrogens (tertiary/aromatic N) is 1. The molecule has 0 aromatic heterocycles. The van der Waals surface area contributed by atoms with Crippen LogP contribution in [-0.2, 0) is 16.1 Å². The molecule has 4 atom stereocenters. The number of rotatable bonds is 9. The summed E-state index contributed by atoms with van der Waals surface area (Å²) in [6.45, 7) is 13.1. The number of halogens is 3. The van der Waals surface area contributed by atoms with E-state index in [-0.39, 0.29) is 12.5 Å². The number of amides is 1. The number of hydrogen-bond donors (Lipinski definition) is 2. The molecule has 1 heterocycles. The zero-order valence-electron chi connectivity index (χ0n) is 25.3. The van der Waals surface area contributed by atoms with Gasteiger partial charge in [-0.05, 0) is 54.5 Å². The summed E-state index contributed by atoms with van der Waals surface area (Å²) in [5.41, 5.74) is 1.46. The molecule has 232 valence electrons. The Hall–Kier alpha value is -3.47. The maximum absolute atomic E-state index is 13.7. The summed E-state index contributed by atoms with van der Waals surface area (Å²) in [6, 6.07) is 8.68. The fraction of sp³-hybridized carbons (Fsp3) is 0.548. The standard InChI is InChI=1S/C31H41F3N2O6/c1-17(2)21-11-9-10-12-22(21)26-25(35-16-19-15-20(42-31(32,33)34)13-14-23(19)40-8)24(30(5,6)7)27(28(37)38)36(26)29(39)41-18(3)4/h9-15,17-18,24-27,35H,16H2,1-8H3,(H,37,38)/t24-,25-,26-,27-/m0/s1. The molecule has 0 saturated carbocycles. The van der Waals surface area contributed by atoms with Gasteiger partial charge in [0.2, 0.25) is 0 Å². The number of ether oxygens (including phenoxy) is 3. The average molecular weight is 595 g/mol. The zero-order valence-corrected chi connectivity index (χ0v) is 25.3. The number of benzene rings is 2. The predicted octanol–water partition coefficient (Wildman–Crippen LogP) is 6.89. The molecule has 11 heteroatoms. The number of aliphatic carboxylic acids is 1. The number of nitrogens with one attached hydrogen (secondary N) is 1. The number of likely N-dealkylation sites (tertiary alicyclic amines) is 1. The van der Waals surface area contributed by atoms with E-state index >= 15 is 0 Å². The number of hydrogen-bond acceptors (Lipinski definition) is 6. The number of carbonyl (C=O) groups is 2. The van der Waals surface area contributed by atoms with Crippen molar-refractivity contribution in [3.8, 4) is 11.5 Å². The minimum absolute atomic E-state index is 0.00916. The summed E-state index contributed by atoms with van der Waals surface area (Å²) >= 11 is 0. The molecule has 0 radical (unpaired) electrons. The van der Waals surface area contributed by atoms with Crippen LogP contribution >= 0.6 is 0 Å². The van der Waals surface area contributed by atoms with Gasteiger partial charge in [0.1, 0.15) is 17.5 Å². The van der Waals surface area contributed by atoms with Crippen LogP contribution < -0.4 is 14.8 Å². The smallest absolute Gasteiger partial charge is 0.496 e. The molecule has 0 unspecified atom stereocenters. The van der Waals surface area contributed by atoms with E-state index in [2.05, 4.69) is 10.1 Å². The Bertz CT molecular complexity index is 1260. The molecule has 0 bridgehead atoms. The van der Waals surface area contributed by atoms with Crippen molar-refractivity contribution in [2.75, 3.05) is 7.11 Å². The van der Waals surface area contributed by atoms with Crippen molar-refractivity contribution in [3.63, 3.8) is 0 Å². The van der Waals surface area contributed by atoms with Gasteiger partial charge in [-0.25, -0.2) is 9.59 Å².